The summed E-state index contributed by atoms with van der Waals surface area (Å²) < 4.78 is 0. The number of rotatable bonds is 2. The van der Waals surface area contributed by atoms with Crippen molar-refractivity contribution in [1.29, 1.82) is 0 Å². The number of hydrogen-bond donors (Lipinski definition) is 2. The molecule has 2 nitrogen and oxygen atoms in total. The van der Waals surface area contributed by atoms with Crippen LogP contribution in [-0.2, 0) is 6.42 Å². The fourth-order valence-electron chi connectivity index (χ4n) is 2.74. The lowest BCUT2D eigenvalue weighted by Crippen LogP contribution is -2.08. The van der Waals surface area contributed by atoms with Crippen LogP contribution in [0.15, 0.2) is 36.4 Å². The fourth-order valence-corrected chi connectivity index (χ4v) is 2.91. The van der Waals surface area contributed by atoms with Crippen LogP contribution in [0.25, 0.3) is 0 Å². The Morgan fingerprint density at radius 3 is 2.84 bits per heavy atom. The van der Waals surface area contributed by atoms with Crippen molar-refractivity contribution in [3.8, 4) is 5.75 Å². The molecule has 0 heterocycles. The molecule has 2 aromatic carbocycles. The van der Waals surface area contributed by atoms with Gasteiger partial charge >= 0.3 is 0 Å². The molecule has 3 rings (SSSR count). The molecule has 2 N–H and O–H groups in total. The lowest BCUT2D eigenvalue weighted by Gasteiger charge is -2.18. The van der Waals surface area contributed by atoms with Gasteiger partial charge in [-0.1, -0.05) is 29.8 Å². The Hall–Kier alpha value is -1.67. The van der Waals surface area contributed by atoms with Crippen LogP contribution in [-0.4, -0.2) is 5.11 Å². The van der Waals surface area contributed by atoms with Gasteiger partial charge < -0.3 is 10.4 Å². The van der Waals surface area contributed by atoms with Crippen molar-refractivity contribution in [1.82, 2.24) is 0 Å². The van der Waals surface area contributed by atoms with Crippen molar-refractivity contribution in [2.45, 2.75) is 25.8 Å². The number of fused-ring (bicyclic) bond motifs is 1. The minimum atomic E-state index is 0.249. The second kappa shape index (κ2) is 4.78. The molecule has 1 aliphatic carbocycles. The van der Waals surface area contributed by atoms with Gasteiger partial charge in [-0.25, -0.2) is 0 Å². The minimum absolute atomic E-state index is 0.249. The third kappa shape index (κ3) is 2.17. The highest BCUT2D eigenvalue weighted by Crippen LogP contribution is 2.39. The van der Waals surface area contributed by atoms with Gasteiger partial charge in [0.05, 0.1) is 6.04 Å². The van der Waals surface area contributed by atoms with E-state index in [0.717, 1.165) is 34.7 Å². The van der Waals surface area contributed by atoms with E-state index in [9.17, 15) is 5.11 Å². The maximum Gasteiger partial charge on any atom is 0.119 e. The van der Waals surface area contributed by atoms with Gasteiger partial charge in [-0.15, -0.1) is 0 Å². The van der Waals surface area contributed by atoms with Crippen molar-refractivity contribution in [3.63, 3.8) is 0 Å². The molecule has 0 saturated carbocycles. The van der Waals surface area contributed by atoms with Crippen LogP contribution in [0.1, 0.15) is 29.2 Å². The molecule has 0 fully saturated rings. The van der Waals surface area contributed by atoms with E-state index >= 15 is 0 Å². The Morgan fingerprint density at radius 2 is 2.00 bits per heavy atom. The normalized spacial score (nSPS) is 17.3. The Morgan fingerprint density at radius 1 is 1.21 bits per heavy atom. The Balaban J connectivity index is 1.91. The zero-order valence-electron chi connectivity index (χ0n) is 10.8. The predicted octanol–water partition coefficient (Wildman–Crippen LogP) is 4.45. The highest BCUT2D eigenvalue weighted by atomic mass is 35.5. The summed E-state index contributed by atoms with van der Waals surface area (Å²) in [6, 6.07) is 11.9. The molecule has 0 amide bonds. The molecule has 1 aliphatic rings. The molecule has 2 aromatic rings. The van der Waals surface area contributed by atoms with Crippen molar-refractivity contribution in [2.75, 3.05) is 5.32 Å². The van der Waals surface area contributed by atoms with Crippen LogP contribution < -0.4 is 5.32 Å². The Bertz CT molecular complexity index is 624. The van der Waals surface area contributed by atoms with Crippen LogP contribution in [0, 0.1) is 6.92 Å². The number of phenols is 1. The molecule has 0 aliphatic heterocycles. The monoisotopic (exact) mass is 273 g/mol. The SMILES string of the molecule is Cc1c(Cl)cccc1NC1CCc2c(O)cccc21. The van der Waals surface area contributed by atoms with Crippen LogP contribution in [0.3, 0.4) is 0 Å². The summed E-state index contributed by atoms with van der Waals surface area (Å²) in [4.78, 5) is 0. The van der Waals surface area contributed by atoms with Crippen molar-refractivity contribution < 1.29 is 5.11 Å². The molecule has 1 atom stereocenters. The molecular weight excluding hydrogens is 258 g/mol. The van der Waals surface area contributed by atoms with Gasteiger partial charge in [0, 0.05) is 10.7 Å². The number of nitrogens with one attached hydrogen (secondary N) is 1. The molecule has 0 saturated heterocycles. The van der Waals surface area contributed by atoms with Crippen LogP contribution >= 0.6 is 11.6 Å². The molecule has 3 heteroatoms. The first-order valence-electron chi connectivity index (χ1n) is 6.49. The number of hydrogen-bond acceptors (Lipinski definition) is 2. The quantitative estimate of drug-likeness (QED) is 0.847. The summed E-state index contributed by atoms with van der Waals surface area (Å²) >= 11 is 6.14. The lowest BCUT2D eigenvalue weighted by atomic mass is 10.1. The average Bonchev–Trinajstić information content (AvgIpc) is 2.80. The van der Waals surface area contributed by atoms with Crippen molar-refractivity contribution >= 4 is 17.3 Å². The van der Waals surface area contributed by atoms with Crippen LogP contribution in [0.4, 0.5) is 5.69 Å². The number of benzene rings is 2. The zero-order chi connectivity index (χ0) is 13.4. The number of halogens is 1. The maximum atomic E-state index is 9.87. The predicted molar refractivity (Wildman–Crippen MR) is 79.0 cm³/mol. The van der Waals surface area contributed by atoms with E-state index in [1.54, 1.807) is 6.07 Å². The third-order valence-corrected chi connectivity index (χ3v) is 4.25. The average molecular weight is 274 g/mol. The molecule has 0 bridgehead atoms. The lowest BCUT2D eigenvalue weighted by molar-refractivity contribution is 0.469. The minimum Gasteiger partial charge on any atom is -0.508 e. The van der Waals surface area contributed by atoms with Crippen LogP contribution in [0.2, 0.25) is 5.02 Å². The van der Waals surface area contributed by atoms with Crippen molar-refractivity contribution in [2.24, 2.45) is 0 Å². The molecular formula is C16H16ClNO. The van der Waals surface area contributed by atoms with E-state index in [2.05, 4.69) is 11.4 Å². The summed E-state index contributed by atoms with van der Waals surface area (Å²) in [6.45, 7) is 2.02. The van der Waals surface area contributed by atoms with E-state index in [0.29, 0.717) is 5.75 Å². The first-order chi connectivity index (χ1) is 9.16. The molecule has 98 valence electrons. The first kappa shape index (κ1) is 12.4. The topological polar surface area (TPSA) is 32.3 Å². The first-order valence-corrected chi connectivity index (χ1v) is 6.87. The molecule has 0 aromatic heterocycles. The largest absolute Gasteiger partial charge is 0.508 e. The molecule has 0 spiro atoms. The van der Waals surface area contributed by atoms with Crippen LogP contribution in [0.5, 0.6) is 5.75 Å². The second-order valence-corrected chi connectivity index (χ2v) is 5.40. The van der Waals surface area contributed by atoms with Gasteiger partial charge in [-0.05, 0) is 54.7 Å². The van der Waals surface area contributed by atoms with Gasteiger partial charge in [0.25, 0.3) is 0 Å². The zero-order valence-corrected chi connectivity index (χ0v) is 11.5. The number of aromatic hydroxyl groups is 1. The number of phenolic OH excluding ortho intramolecular Hbond substituents is 1. The smallest absolute Gasteiger partial charge is 0.119 e. The van der Waals surface area contributed by atoms with E-state index in [4.69, 9.17) is 11.6 Å². The fraction of sp³-hybridized carbons (Fsp3) is 0.250. The summed E-state index contributed by atoms with van der Waals surface area (Å²) in [6.07, 6.45) is 1.91. The van der Waals surface area contributed by atoms with Crippen molar-refractivity contribution in [3.05, 3.63) is 58.1 Å². The summed E-state index contributed by atoms with van der Waals surface area (Å²) in [5.41, 5.74) is 4.39. The van der Waals surface area contributed by atoms with E-state index in [-0.39, 0.29) is 6.04 Å². The molecule has 0 radical (unpaired) electrons. The Labute approximate surface area is 118 Å². The summed E-state index contributed by atoms with van der Waals surface area (Å²) in [5, 5.41) is 14.2. The third-order valence-electron chi connectivity index (χ3n) is 3.84. The summed E-state index contributed by atoms with van der Waals surface area (Å²) in [5.74, 6) is 0.407. The second-order valence-electron chi connectivity index (χ2n) is 4.99. The highest BCUT2D eigenvalue weighted by Gasteiger charge is 2.24. The standard InChI is InChI=1S/C16H16ClNO/c1-10-13(17)5-3-6-14(10)18-15-9-8-12-11(15)4-2-7-16(12)19/h2-7,15,18-19H,8-9H2,1H3. The Kier molecular flexibility index (Phi) is 3.11. The van der Waals surface area contributed by atoms with E-state index in [1.807, 2.05) is 31.2 Å². The van der Waals surface area contributed by atoms with E-state index in [1.165, 1.54) is 5.56 Å². The van der Waals surface area contributed by atoms with Gasteiger partial charge in [0.1, 0.15) is 5.75 Å². The molecule has 19 heavy (non-hydrogen) atoms. The van der Waals surface area contributed by atoms with Gasteiger partial charge in [-0.3, -0.25) is 0 Å². The van der Waals surface area contributed by atoms with Gasteiger partial charge in [0.15, 0.2) is 0 Å². The maximum absolute atomic E-state index is 9.87. The number of anilines is 1. The van der Waals surface area contributed by atoms with E-state index < -0.39 is 0 Å². The summed E-state index contributed by atoms with van der Waals surface area (Å²) in [7, 11) is 0. The molecule has 1 unspecified atom stereocenters. The highest BCUT2D eigenvalue weighted by molar-refractivity contribution is 6.31. The van der Waals surface area contributed by atoms with Gasteiger partial charge in [-0.2, -0.15) is 0 Å². The van der Waals surface area contributed by atoms with Gasteiger partial charge in [0.2, 0.25) is 0 Å².